The average Bonchev–Trinajstić information content (AvgIpc) is 3.04. The molecule has 3 rings (SSSR count). The Hall–Kier alpha value is -1.48. The lowest BCUT2D eigenvalue weighted by atomic mass is 10.3. The van der Waals surface area contributed by atoms with Crippen molar-refractivity contribution >= 4 is 5.91 Å². The molecule has 2 saturated heterocycles. The van der Waals surface area contributed by atoms with Crippen molar-refractivity contribution < 1.29 is 19.2 Å². The first-order valence-electron chi connectivity index (χ1n) is 8.12. The Kier molecular flexibility index (Phi) is 5.60. The lowest BCUT2D eigenvalue weighted by Crippen LogP contribution is -2.43. The first-order valence-corrected chi connectivity index (χ1v) is 8.12. The van der Waals surface area contributed by atoms with Crippen LogP contribution in [0, 0.1) is 0 Å². The Morgan fingerprint density at radius 3 is 2.70 bits per heavy atom. The van der Waals surface area contributed by atoms with Gasteiger partial charge in [-0.15, -0.1) is 0 Å². The molecule has 8 nitrogen and oxygen atoms in total. The number of aliphatic hydroxyl groups is 1. The van der Waals surface area contributed by atoms with Gasteiger partial charge in [-0.25, -0.2) is 0 Å². The third-order valence-corrected chi connectivity index (χ3v) is 4.37. The minimum Gasteiger partial charge on any atom is -0.390 e. The summed E-state index contributed by atoms with van der Waals surface area (Å²) in [6.45, 7) is 7.64. The zero-order valence-electron chi connectivity index (χ0n) is 13.3. The zero-order valence-corrected chi connectivity index (χ0v) is 13.3. The van der Waals surface area contributed by atoms with Crippen LogP contribution in [0.15, 0.2) is 16.9 Å². The molecule has 1 N–H and O–H groups in total. The van der Waals surface area contributed by atoms with Gasteiger partial charge in [0.25, 0.3) is 5.91 Å². The van der Waals surface area contributed by atoms with Crippen LogP contribution in [0.3, 0.4) is 0 Å². The maximum absolute atomic E-state index is 12.3. The normalized spacial score (nSPS) is 24.6. The summed E-state index contributed by atoms with van der Waals surface area (Å²) in [6, 6.07) is 1.55. The Balaban J connectivity index is 1.50. The van der Waals surface area contributed by atoms with E-state index in [2.05, 4.69) is 15.0 Å². The smallest absolute Gasteiger partial charge is 0.276 e. The number of β-amino-alcohol motifs (C(OH)–C–C–N with tert-alkyl or cyclic N) is 1. The monoisotopic (exact) mass is 324 g/mol. The zero-order chi connectivity index (χ0) is 16.1. The second-order valence-electron chi connectivity index (χ2n) is 6.04. The molecule has 1 amide bonds. The van der Waals surface area contributed by atoms with E-state index in [1.807, 2.05) is 0 Å². The SMILES string of the molecule is O=C(c1ccon1)N1CCN(CCN2CCOCC2)C[C@@H](O)C1. The Labute approximate surface area is 135 Å². The molecule has 0 bridgehead atoms. The molecule has 128 valence electrons. The van der Waals surface area contributed by atoms with Gasteiger partial charge in [0, 0.05) is 58.4 Å². The molecule has 2 fully saturated rings. The first-order chi connectivity index (χ1) is 11.2. The molecule has 1 aromatic rings. The molecule has 23 heavy (non-hydrogen) atoms. The third kappa shape index (κ3) is 4.51. The van der Waals surface area contributed by atoms with E-state index in [1.165, 1.54) is 6.26 Å². The van der Waals surface area contributed by atoms with E-state index in [-0.39, 0.29) is 5.91 Å². The van der Waals surface area contributed by atoms with E-state index in [9.17, 15) is 9.90 Å². The maximum atomic E-state index is 12.3. The number of hydrogen-bond donors (Lipinski definition) is 1. The molecule has 0 saturated carbocycles. The number of amides is 1. The summed E-state index contributed by atoms with van der Waals surface area (Å²) in [6.07, 6.45) is 0.842. The fourth-order valence-corrected chi connectivity index (χ4v) is 3.03. The molecule has 2 aliphatic rings. The fraction of sp³-hybridized carbons (Fsp3) is 0.733. The Bertz CT molecular complexity index is 490. The van der Waals surface area contributed by atoms with Gasteiger partial charge in [-0.2, -0.15) is 0 Å². The van der Waals surface area contributed by atoms with Crippen molar-refractivity contribution in [2.75, 3.05) is 65.6 Å². The van der Waals surface area contributed by atoms with Crippen molar-refractivity contribution in [1.29, 1.82) is 0 Å². The van der Waals surface area contributed by atoms with Gasteiger partial charge in [0.15, 0.2) is 5.69 Å². The van der Waals surface area contributed by atoms with Gasteiger partial charge in [-0.05, 0) is 0 Å². The Morgan fingerprint density at radius 2 is 1.96 bits per heavy atom. The number of morpholine rings is 1. The van der Waals surface area contributed by atoms with E-state index in [1.54, 1.807) is 11.0 Å². The number of ether oxygens (including phenoxy) is 1. The highest BCUT2D eigenvalue weighted by Crippen LogP contribution is 2.09. The van der Waals surface area contributed by atoms with Gasteiger partial charge in [0.1, 0.15) is 6.26 Å². The molecule has 0 unspecified atom stereocenters. The second-order valence-corrected chi connectivity index (χ2v) is 6.04. The number of aromatic nitrogens is 1. The quantitative estimate of drug-likeness (QED) is 0.770. The third-order valence-electron chi connectivity index (χ3n) is 4.37. The highest BCUT2D eigenvalue weighted by molar-refractivity contribution is 5.92. The minimum atomic E-state index is -0.543. The van der Waals surface area contributed by atoms with Gasteiger partial charge in [-0.1, -0.05) is 5.16 Å². The van der Waals surface area contributed by atoms with Crippen LogP contribution in [0.2, 0.25) is 0 Å². The second kappa shape index (κ2) is 7.87. The maximum Gasteiger partial charge on any atom is 0.276 e. The summed E-state index contributed by atoms with van der Waals surface area (Å²) in [7, 11) is 0. The molecule has 1 atom stereocenters. The molecule has 3 heterocycles. The summed E-state index contributed by atoms with van der Waals surface area (Å²) in [4.78, 5) is 18.6. The molecule has 0 aromatic carbocycles. The van der Waals surface area contributed by atoms with Gasteiger partial charge < -0.3 is 19.3 Å². The van der Waals surface area contributed by atoms with Crippen molar-refractivity contribution in [2.45, 2.75) is 6.10 Å². The largest absolute Gasteiger partial charge is 0.390 e. The highest BCUT2D eigenvalue weighted by Gasteiger charge is 2.26. The predicted molar refractivity (Wildman–Crippen MR) is 82.1 cm³/mol. The molecule has 1 aromatic heterocycles. The van der Waals surface area contributed by atoms with E-state index in [0.717, 1.165) is 45.9 Å². The van der Waals surface area contributed by atoms with Crippen LogP contribution < -0.4 is 0 Å². The Morgan fingerprint density at radius 1 is 1.17 bits per heavy atom. The summed E-state index contributed by atoms with van der Waals surface area (Å²) in [5.41, 5.74) is 0.291. The van der Waals surface area contributed by atoms with Crippen LogP contribution in [-0.2, 0) is 4.74 Å². The first kappa shape index (κ1) is 16.4. The van der Waals surface area contributed by atoms with E-state index >= 15 is 0 Å². The van der Waals surface area contributed by atoms with Crippen LogP contribution in [-0.4, -0.2) is 103 Å². The molecule has 0 aliphatic carbocycles. The molecule has 2 aliphatic heterocycles. The van der Waals surface area contributed by atoms with Crippen LogP contribution >= 0.6 is 0 Å². The highest BCUT2D eigenvalue weighted by atomic mass is 16.5. The van der Waals surface area contributed by atoms with E-state index in [0.29, 0.717) is 25.3 Å². The number of hydrogen-bond acceptors (Lipinski definition) is 7. The van der Waals surface area contributed by atoms with Gasteiger partial charge in [0.05, 0.1) is 19.3 Å². The van der Waals surface area contributed by atoms with Crippen LogP contribution in [0.4, 0.5) is 0 Å². The lowest BCUT2D eigenvalue weighted by Gasteiger charge is -2.29. The predicted octanol–water partition coefficient (Wildman–Crippen LogP) is -0.874. The number of carbonyl (C=O) groups is 1. The van der Waals surface area contributed by atoms with Gasteiger partial charge >= 0.3 is 0 Å². The molecular weight excluding hydrogens is 300 g/mol. The van der Waals surface area contributed by atoms with E-state index < -0.39 is 6.10 Å². The van der Waals surface area contributed by atoms with Crippen molar-refractivity contribution in [3.05, 3.63) is 18.0 Å². The molecule has 0 radical (unpaired) electrons. The van der Waals surface area contributed by atoms with E-state index in [4.69, 9.17) is 9.26 Å². The lowest BCUT2D eigenvalue weighted by molar-refractivity contribution is 0.0314. The number of nitrogens with zero attached hydrogens (tertiary/aromatic N) is 4. The summed E-state index contributed by atoms with van der Waals surface area (Å²) in [5, 5.41) is 13.9. The minimum absolute atomic E-state index is 0.187. The number of rotatable bonds is 4. The fourth-order valence-electron chi connectivity index (χ4n) is 3.03. The molecule has 0 spiro atoms. The van der Waals surface area contributed by atoms with Crippen LogP contribution in [0.25, 0.3) is 0 Å². The summed E-state index contributed by atoms with van der Waals surface area (Å²) < 4.78 is 10.1. The van der Waals surface area contributed by atoms with Crippen LogP contribution in [0.1, 0.15) is 10.5 Å². The van der Waals surface area contributed by atoms with Crippen LogP contribution in [0.5, 0.6) is 0 Å². The summed E-state index contributed by atoms with van der Waals surface area (Å²) in [5.74, 6) is -0.187. The van der Waals surface area contributed by atoms with Crippen molar-refractivity contribution in [3.63, 3.8) is 0 Å². The standard InChI is InChI=1S/C15H24N4O4/c20-13-11-18(3-2-17-6-9-22-10-7-17)4-5-19(12-13)15(21)14-1-8-23-16-14/h1,8,13,20H,2-7,9-12H2/t13-/m1/s1. The van der Waals surface area contributed by atoms with Gasteiger partial charge in [0.2, 0.25) is 0 Å². The summed E-state index contributed by atoms with van der Waals surface area (Å²) >= 11 is 0. The van der Waals surface area contributed by atoms with Crippen molar-refractivity contribution in [3.8, 4) is 0 Å². The topological polar surface area (TPSA) is 82.3 Å². The number of aliphatic hydroxyl groups excluding tert-OH is 1. The van der Waals surface area contributed by atoms with Crippen molar-refractivity contribution in [2.24, 2.45) is 0 Å². The number of carbonyl (C=O) groups excluding carboxylic acids is 1. The van der Waals surface area contributed by atoms with Crippen molar-refractivity contribution in [1.82, 2.24) is 19.9 Å². The molecule has 8 heteroatoms. The van der Waals surface area contributed by atoms with Gasteiger partial charge in [-0.3, -0.25) is 14.6 Å². The molecular formula is C15H24N4O4. The average molecular weight is 324 g/mol.